The fourth-order valence-electron chi connectivity index (χ4n) is 3.72. The first-order valence-electron chi connectivity index (χ1n) is 9.73. The Bertz CT molecular complexity index is 845. The van der Waals surface area contributed by atoms with E-state index in [0.717, 1.165) is 25.7 Å². The number of sulfonamides is 1. The van der Waals surface area contributed by atoms with E-state index < -0.39 is 10.0 Å². The minimum atomic E-state index is -3.68. The van der Waals surface area contributed by atoms with Crippen LogP contribution in [0.5, 0.6) is 5.75 Å². The zero-order valence-electron chi connectivity index (χ0n) is 16.3. The Morgan fingerprint density at radius 3 is 2.57 bits per heavy atom. The van der Waals surface area contributed by atoms with Crippen LogP contribution in [0, 0.1) is 0 Å². The predicted octanol–water partition coefficient (Wildman–Crippen LogP) is 1.50. The molecule has 0 aromatic heterocycles. The van der Waals surface area contributed by atoms with E-state index in [1.807, 2.05) is 0 Å². The topological polar surface area (TPSA) is 96.0 Å². The van der Waals surface area contributed by atoms with E-state index >= 15 is 0 Å². The first-order chi connectivity index (χ1) is 13.4. The van der Waals surface area contributed by atoms with E-state index in [2.05, 4.69) is 5.32 Å². The second-order valence-electron chi connectivity index (χ2n) is 7.04. The van der Waals surface area contributed by atoms with Crippen molar-refractivity contribution in [2.75, 3.05) is 31.1 Å². The number of anilines is 1. The van der Waals surface area contributed by atoms with Gasteiger partial charge in [0.25, 0.3) is 5.91 Å². The van der Waals surface area contributed by atoms with Crippen molar-refractivity contribution in [1.29, 1.82) is 0 Å². The molecular weight excluding hydrogens is 382 g/mol. The molecule has 8 nitrogen and oxygen atoms in total. The third-order valence-corrected chi connectivity index (χ3v) is 7.28. The fourth-order valence-corrected chi connectivity index (χ4v) is 5.19. The quantitative estimate of drug-likeness (QED) is 0.736. The number of benzene rings is 1. The number of amides is 2. The summed E-state index contributed by atoms with van der Waals surface area (Å²) >= 11 is 0. The first kappa shape index (κ1) is 20.6. The number of carbonyl (C=O) groups excluding carboxylic acids is 2. The molecule has 1 aliphatic heterocycles. The molecule has 1 aromatic carbocycles. The second-order valence-corrected chi connectivity index (χ2v) is 8.97. The van der Waals surface area contributed by atoms with E-state index in [4.69, 9.17) is 4.74 Å². The molecule has 1 heterocycles. The van der Waals surface area contributed by atoms with Gasteiger partial charge in [-0.05, 0) is 31.0 Å². The average molecular weight is 410 g/mol. The van der Waals surface area contributed by atoms with Gasteiger partial charge in [0.05, 0.1) is 10.6 Å². The van der Waals surface area contributed by atoms with Crippen LogP contribution in [-0.4, -0.2) is 56.8 Å². The Hall–Kier alpha value is -2.13. The standard InChI is InChI=1S/C19H27N3O5S/c1-3-21(4-2)28(25,26)15-9-10-17-16(11-15)22(19(24)13-27-17)12-18(23)20-14-7-5-6-8-14/h9-11,14H,3-8,12-13H2,1-2H3,(H,20,23). The number of hydrogen-bond donors (Lipinski definition) is 1. The molecule has 28 heavy (non-hydrogen) atoms. The number of rotatable bonds is 7. The van der Waals surface area contributed by atoms with E-state index in [1.54, 1.807) is 19.9 Å². The van der Waals surface area contributed by atoms with Gasteiger partial charge in [0.1, 0.15) is 12.3 Å². The van der Waals surface area contributed by atoms with Gasteiger partial charge >= 0.3 is 0 Å². The molecule has 0 saturated heterocycles. The van der Waals surface area contributed by atoms with Gasteiger partial charge in [-0.2, -0.15) is 4.31 Å². The molecule has 0 radical (unpaired) electrons. The van der Waals surface area contributed by atoms with Crippen LogP contribution in [0.4, 0.5) is 5.69 Å². The van der Waals surface area contributed by atoms with Crippen LogP contribution in [-0.2, 0) is 19.6 Å². The van der Waals surface area contributed by atoms with Crippen molar-refractivity contribution >= 4 is 27.5 Å². The molecule has 0 atom stereocenters. The highest BCUT2D eigenvalue weighted by atomic mass is 32.2. The highest BCUT2D eigenvalue weighted by Gasteiger charge is 2.31. The molecule has 1 saturated carbocycles. The number of ether oxygens (including phenoxy) is 1. The maximum absolute atomic E-state index is 12.8. The van der Waals surface area contributed by atoms with E-state index in [0.29, 0.717) is 24.5 Å². The summed E-state index contributed by atoms with van der Waals surface area (Å²) in [5, 5.41) is 2.96. The summed E-state index contributed by atoms with van der Waals surface area (Å²) in [6, 6.07) is 4.58. The summed E-state index contributed by atoms with van der Waals surface area (Å²) in [6.07, 6.45) is 4.09. The Labute approximate surface area is 165 Å². The van der Waals surface area contributed by atoms with Crippen LogP contribution in [0.2, 0.25) is 0 Å². The van der Waals surface area contributed by atoms with Crippen LogP contribution in [0.1, 0.15) is 39.5 Å². The largest absolute Gasteiger partial charge is 0.482 e. The van der Waals surface area contributed by atoms with Crippen molar-refractivity contribution < 1.29 is 22.7 Å². The minimum Gasteiger partial charge on any atom is -0.482 e. The highest BCUT2D eigenvalue weighted by molar-refractivity contribution is 7.89. The van der Waals surface area contributed by atoms with Crippen LogP contribution < -0.4 is 15.0 Å². The summed E-state index contributed by atoms with van der Waals surface area (Å²) < 4.78 is 32.4. The molecule has 0 spiro atoms. The van der Waals surface area contributed by atoms with Crippen molar-refractivity contribution in [1.82, 2.24) is 9.62 Å². The number of nitrogens with zero attached hydrogens (tertiary/aromatic N) is 2. The molecule has 1 N–H and O–H groups in total. The molecule has 154 valence electrons. The zero-order valence-corrected chi connectivity index (χ0v) is 17.1. The first-order valence-corrected chi connectivity index (χ1v) is 11.2. The van der Waals surface area contributed by atoms with Crippen LogP contribution in [0.15, 0.2) is 23.1 Å². The number of carbonyl (C=O) groups is 2. The number of hydrogen-bond acceptors (Lipinski definition) is 5. The molecule has 9 heteroatoms. The molecule has 0 bridgehead atoms. The summed E-state index contributed by atoms with van der Waals surface area (Å²) in [6.45, 7) is 3.90. The van der Waals surface area contributed by atoms with Crippen molar-refractivity contribution in [3.05, 3.63) is 18.2 Å². The Morgan fingerprint density at radius 1 is 1.25 bits per heavy atom. The molecule has 1 fully saturated rings. The van der Waals surface area contributed by atoms with Crippen LogP contribution in [0.3, 0.4) is 0 Å². The third kappa shape index (κ3) is 4.15. The molecule has 3 rings (SSSR count). The van der Waals surface area contributed by atoms with Gasteiger partial charge < -0.3 is 10.1 Å². The summed E-state index contributed by atoms with van der Waals surface area (Å²) in [5.41, 5.74) is 0.311. The molecule has 2 amide bonds. The van der Waals surface area contributed by atoms with E-state index in [1.165, 1.54) is 21.3 Å². The lowest BCUT2D eigenvalue weighted by Gasteiger charge is -2.30. The van der Waals surface area contributed by atoms with Crippen molar-refractivity contribution in [3.8, 4) is 5.75 Å². The molecule has 0 unspecified atom stereocenters. The molecule has 1 aliphatic carbocycles. The Morgan fingerprint density at radius 2 is 1.93 bits per heavy atom. The highest BCUT2D eigenvalue weighted by Crippen LogP contribution is 2.35. The van der Waals surface area contributed by atoms with Gasteiger partial charge in [-0.3, -0.25) is 14.5 Å². The lowest BCUT2D eigenvalue weighted by molar-refractivity contribution is -0.125. The van der Waals surface area contributed by atoms with E-state index in [-0.39, 0.29) is 35.9 Å². The lowest BCUT2D eigenvalue weighted by Crippen LogP contribution is -2.47. The number of fused-ring (bicyclic) bond motifs is 1. The van der Waals surface area contributed by atoms with Crippen molar-refractivity contribution in [2.24, 2.45) is 0 Å². The number of nitrogens with one attached hydrogen (secondary N) is 1. The Kier molecular flexibility index (Phi) is 6.24. The van der Waals surface area contributed by atoms with Crippen LogP contribution >= 0.6 is 0 Å². The summed E-state index contributed by atoms with van der Waals surface area (Å²) in [5.74, 6) is -0.219. The van der Waals surface area contributed by atoms with Gasteiger partial charge in [-0.25, -0.2) is 8.42 Å². The van der Waals surface area contributed by atoms with Gasteiger partial charge in [0.2, 0.25) is 15.9 Å². The molecule has 1 aromatic rings. The maximum Gasteiger partial charge on any atom is 0.265 e. The van der Waals surface area contributed by atoms with Gasteiger partial charge in [0, 0.05) is 19.1 Å². The maximum atomic E-state index is 12.8. The van der Waals surface area contributed by atoms with Crippen LogP contribution in [0.25, 0.3) is 0 Å². The Balaban J connectivity index is 1.86. The van der Waals surface area contributed by atoms with E-state index in [9.17, 15) is 18.0 Å². The molecular formula is C19H27N3O5S. The van der Waals surface area contributed by atoms with Gasteiger partial charge in [-0.1, -0.05) is 26.7 Å². The molecule has 2 aliphatic rings. The fraction of sp³-hybridized carbons (Fsp3) is 0.579. The SMILES string of the molecule is CCN(CC)S(=O)(=O)c1ccc2c(c1)N(CC(=O)NC1CCCC1)C(=O)CO2. The second kappa shape index (κ2) is 8.48. The smallest absolute Gasteiger partial charge is 0.265 e. The van der Waals surface area contributed by atoms with Gasteiger partial charge in [-0.15, -0.1) is 0 Å². The minimum absolute atomic E-state index is 0.0782. The predicted molar refractivity (Wildman–Crippen MR) is 105 cm³/mol. The van der Waals surface area contributed by atoms with Crippen molar-refractivity contribution in [2.45, 2.75) is 50.5 Å². The monoisotopic (exact) mass is 409 g/mol. The lowest BCUT2D eigenvalue weighted by atomic mass is 10.2. The summed E-state index contributed by atoms with van der Waals surface area (Å²) in [7, 11) is -3.68. The average Bonchev–Trinajstić information content (AvgIpc) is 3.17. The third-order valence-electron chi connectivity index (χ3n) is 5.24. The van der Waals surface area contributed by atoms with Gasteiger partial charge in [0.15, 0.2) is 6.61 Å². The zero-order chi connectivity index (χ0) is 20.3. The van der Waals surface area contributed by atoms with Crippen molar-refractivity contribution in [3.63, 3.8) is 0 Å². The summed E-state index contributed by atoms with van der Waals surface area (Å²) in [4.78, 5) is 26.2. The normalized spacial score (nSPS) is 17.5.